The Morgan fingerprint density at radius 1 is 1.12 bits per heavy atom. The van der Waals surface area contributed by atoms with E-state index >= 15 is 0 Å². The van der Waals surface area contributed by atoms with E-state index in [1.54, 1.807) is 30.3 Å². The van der Waals surface area contributed by atoms with Crippen molar-refractivity contribution in [2.75, 3.05) is 22.9 Å². The summed E-state index contributed by atoms with van der Waals surface area (Å²) in [6.07, 6.45) is 1.05. The van der Waals surface area contributed by atoms with Crippen LogP contribution in [0.25, 0.3) is 10.9 Å². The second kappa shape index (κ2) is 7.09. The molecule has 0 spiro atoms. The fourth-order valence-corrected chi connectivity index (χ4v) is 3.13. The van der Waals surface area contributed by atoms with Gasteiger partial charge in [0.2, 0.25) is 10.0 Å². The van der Waals surface area contributed by atoms with Gasteiger partial charge in [-0.05, 0) is 37.3 Å². The first-order chi connectivity index (χ1) is 12.4. The van der Waals surface area contributed by atoms with Crippen LogP contribution in [0.4, 0.5) is 11.4 Å². The first-order valence-corrected chi connectivity index (χ1v) is 9.88. The maximum Gasteiger partial charge on any atom is 0.272 e. The first-order valence-electron chi connectivity index (χ1n) is 7.99. The van der Waals surface area contributed by atoms with Crippen molar-refractivity contribution in [3.63, 3.8) is 0 Å². The number of sulfonamides is 1. The number of benzene rings is 2. The Bertz CT molecular complexity index is 1060. The molecule has 2 aromatic carbocycles. The number of rotatable bonds is 6. The van der Waals surface area contributed by atoms with E-state index in [1.807, 2.05) is 25.1 Å². The third kappa shape index (κ3) is 4.15. The number of carbonyl (C=O) groups excluding carboxylic acids is 1. The number of hydrogen-bond acceptors (Lipinski definition) is 4. The van der Waals surface area contributed by atoms with Gasteiger partial charge in [0.25, 0.3) is 5.91 Å². The molecule has 1 amide bonds. The van der Waals surface area contributed by atoms with E-state index < -0.39 is 10.0 Å². The van der Waals surface area contributed by atoms with Crippen LogP contribution in [0.1, 0.15) is 17.4 Å². The zero-order valence-corrected chi connectivity index (χ0v) is 15.2. The van der Waals surface area contributed by atoms with Crippen molar-refractivity contribution in [3.05, 3.63) is 54.2 Å². The highest BCUT2D eigenvalue weighted by molar-refractivity contribution is 7.92. The third-order valence-corrected chi connectivity index (χ3v) is 4.21. The first kappa shape index (κ1) is 17.8. The molecule has 1 heterocycles. The van der Waals surface area contributed by atoms with Crippen LogP contribution < -0.4 is 14.8 Å². The Morgan fingerprint density at radius 2 is 1.85 bits per heavy atom. The molecule has 0 radical (unpaired) electrons. The van der Waals surface area contributed by atoms with Crippen LogP contribution in [0.15, 0.2) is 48.5 Å². The monoisotopic (exact) mass is 373 g/mol. The van der Waals surface area contributed by atoms with E-state index in [0.717, 1.165) is 22.9 Å². The highest BCUT2D eigenvalue weighted by atomic mass is 32.2. The zero-order valence-electron chi connectivity index (χ0n) is 14.4. The van der Waals surface area contributed by atoms with Crippen LogP contribution in [0, 0.1) is 0 Å². The Balaban J connectivity index is 1.85. The van der Waals surface area contributed by atoms with Crippen LogP contribution in [0.2, 0.25) is 0 Å². The van der Waals surface area contributed by atoms with Crippen LogP contribution in [-0.4, -0.2) is 32.2 Å². The molecule has 3 N–H and O–H groups in total. The second-order valence-corrected chi connectivity index (χ2v) is 7.49. The highest BCUT2D eigenvalue weighted by Crippen LogP contribution is 2.25. The lowest BCUT2D eigenvalue weighted by Crippen LogP contribution is -2.16. The summed E-state index contributed by atoms with van der Waals surface area (Å²) in [5, 5.41) is 3.60. The van der Waals surface area contributed by atoms with Gasteiger partial charge in [0, 0.05) is 17.0 Å². The molecular formula is C18H19N3O4S. The zero-order chi connectivity index (χ0) is 18.7. The van der Waals surface area contributed by atoms with Crippen LogP contribution in [0.5, 0.6) is 5.75 Å². The normalized spacial score (nSPS) is 11.3. The van der Waals surface area contributed by atoms with Crippen molar-refractivity contribution in [2.24, 2.45) is 0 Å². The van der Waals surface area contributed by atoms with Gasteiger partial charge in [0.1, 0.15) is 11.4 Å². The third-order valence-electron chi connectivity index (χ3n) is 3.62. The van der Waals surface area contributed by atoms with Crippen molar-refractivity contribution in [2.45, 2.75) is 6.92 Å². The average Bonchev–Trinajstić information content (AvgIpc) is 2.99. The predicted molar refractivity (Wildman–Crippen MR) is 102 cm³/mol. The Labute approximate surface area is 151 Å². The maximum atomic E-state index is 12.6. The summed E-state index contributed by atoms with van der Waals surface area (Å²) in [6, 6.07) is 13.9. The molecule has 7 nitrogen and oxygen atoms in total. The molecular weight excluding hydrogens is 354 g/mol. The second-order valence-electron chi connectivity index (χ2n) is 5.74. The molecule has 0 saturated heterocycles. The quantitative estimate of drug-likeness (QED) is 0.618. The largest absolute Gasteiger partial charge is 0.494 e. The number of hydrogen-bond donors (Lipinski definition) is 3. The summed E-state index contributed by atoms with van der Waals surface area (Å²) in [5.41, 5.74) is 1.82. The van der Waals surface area contributed by atoms with Gasteiger partial charge in [0.15, 0.2) is 0 Å². The number of anilines is 2. The summed E-state index contributed by atoms with van der Waals surface area (Å²) < 4.78 is 30.8. The van der Waals surface area contributed by atoms with Crippen LogP contribution in [0.3, 0.4) is 0 Å². The molecule has 3 rings (SSSR count). The van der Waals surface area contributed by atoms with Gasteiger partial charge in [0.05, 0.1) is 24.2 Å². The van der Waals surface area contributed by atoms with Gasteiger partial charge < -0.3 is 15.0 Å². The van der Waals surface area contributed by atoms with Gasteiger partial charge in [-0.1, -0.05) is 12.1 Å². The molecule has 0 aliphatic rings. The van der Waals surface area contributed by atoms with E-state index in [0.29, 0.717) is 23.7 Å². The van der Waals surface area contributed by atoms with Gasteiger partial charge in [-0.2, -0.15) is 0 Å². The average molecular weight is 373 g/mol. The standard InChI is InChI=1S/C18H19N3O4S/c1-3-25-13-9-8-12-10-17(19-16(12)11-13)18(22)20-14-6-4-5-7-15(14)21-26(2,23)24/h4-11,19,21H,3H2,1-2H3,(H,20,22). The van der Waals surface area contributed by atoms with Gasteiger partial charge >= 0.3 is 0 Å². The smallest absolute Gasteiger partial charge is 0.272 e. The predicted octanol–water partition coefficient (Wildman–Crippen LogP) is 3.19. The summed E-state index contributed by atoms with van der Waals surface area (Å²) in [5.74, 6) is 0.346. The van der Waals surface area contributed by atoms with E-state index in [1.165, 1.54) is 0 Å². The number of carbonyl (C=O) groups is 1. The molecule has 8 heteroatoms. The number of H-pyrrole nitrogens is 1. The molecule has 0 bridgehead atoms. The number of nitrogens with one attached hydrogen (secondary N) is 3. The molecule has 0 saturated carbocycles. The van der Waals surface area contributed by atoms with Crippen molar-refractivity contribution < 1.29 is 17.9 Å². The lowest BCUT2D eigenvalue weighted by molar-refractivity contribution is 0.102. The number of aromatic nitrogens is 1. The maximum absolute atomic E-state index is 12.6. The lowest BCUT2D eigenvalue weighted by Gasteiger charge is -2.11. The van der Waals surface area contributed by atoms with E-state index in [9.17, 15) is 13.2 Å². The fourth-order valence-electron chi connectivity index (χ4n) is 2.56. The summed E-state index contributed by atoms with van der Waals surface area (Å²) >= 11 is 0. The van der Waals surface area contributed by atoms with E-state index in [4.69, 9.17) is 4.74 Å². The SMILES string of the molecule is CCOc1ccc2cc(C(=O)Nc3ccccc3NS(C)(=O)=O)[nH]c2c1. The van der Waals surface area contributed by atoms with Gasteiger partial charge in [-0.3, -0.25) is 9.52 Å². The van der Waals surface area contributed by atoms with Gasteiger partial charge in [-0.25, -0.2) is 8.42 Å². The van der Waals surface area contributed by atoms with Crippen molar-refractivity contribution in [1.29, 1.82) is 0 Å². The molecule has 0 fully saturated rings. The van der Waals surface area contributed by atoms with Gasteiger partial charge in [-0.15, -0.1) is 0 Å². The van der Waals surface area contributed by atoms with Crippen LogP contribution in [-0.2, 0) is 10.0 Å². The van der Waals surface area contributed by atoms with E-state index in [2.05, 4.69) is 15.0 Å². The molecule has 136 valence electrons. The van der Waals surface area contributed by atoms with Crippen molar-refractivity contribution in [3.8, 4) is 5.75 Å². The Morgan fingerprint density at radius 3 is 2.54 bits per heavy atom. The topological polar surface area (TPSA) is 100 Å². The minimum absolute atomic E-state index is 0.304. The Hall–Kier alpha value is -3.00. The fraction of sp³-hybridized carbons (Fsp3) is 0.167. The molecule has 26 heavy (non-hydrogen) atoms. The molecule has 0 aliphatic heterocycles. The number of fused-ring (bicyclic) bond motifs is 1. The number of amides is 1. The molecule has 3 aromatic rings. The van der Waals surface area contributed by atoms with Crippen LogP contribution >= 0.6 is 0 Å². The molecule has 0 aliphatic carbocycles. The minimum Gasteiger partial charge on any atom is -0.494 e. The number of aromatic amines is 1. The number of ether oxygens (including phenoxy) is 1. The molecule has 1 aromatic heterocycles. The summed E-state index contributed by atoms with van der Waals surface area (Å²) in [4.78, 5) is 15.6. The number of para-hydroxylation sites is 2. The minimum atomic E-state index is -3.45. The summed E-state index contributed by atoms with van der Waals surface area (Å²) in [6.45, 7) is 2.46. The lowest BCUT2D eigenvalue weighted by atomic mass is 10.2. The van der Waals surface area contributed by atoms with Crippen molar-refractivity contribution >= 4 is 38.2 Å². The highest BCUT2D eigenvalue weighted by Gasteiger charge is 2.13. The molecule has 0 atom stereocenters. The Kier molecular flexibility index (Phi) is 4.85. The van der Waals surface area contributed by atoms with Crippen molar-refractivity contribution in [1.82, 2.24) is 4.98 Å². The van der Waals surface area contributed by atoms with E-state index in [-0.39, 0.29) is 5.91 Å². The molecule has 0 unspecified atom stereocenters. The summed E-state index contributed by atoms with van der Waals surface area (Å²) in [7, 11) is -3.45.